The number of rotatable bonds is 2. The van der Waals surface area contributed by atoms with Gasteiger partial charge < -0.3 is 0 Å². The molecule has 0 bridgehead atoms. The van der Waals surface area contributed by atoms with Crippen molar-refractivity contribution in [3.05, 3.63) is 51.9 Å². The van der Waals surface area contributed by atoms with Crippen molar-refractivity contribution in [1.82, 2.24) is 0 Å². The van der Waals surface area contributed by atoms with E-state index in [1.165, 1.54) is 10.4 Å². The highest BCUT2D eigenvalue weighted by molar-refractivity contribution is 7.17. The van der Waals surface area contributed by atoms with Crippen molar-refractivity contribution in [1.29, 1.82) is 5.26 Å². The number of anilines is 1. The van der Waals surface area contributed by atoms with Crippen LogP contribution in [-0.2, 0) is 17.6 Å². The van der Waals surface area contributed by atoms with Crippen LogP contribution in [0.15, 0.2) is 35.3 Å². The third kappa shape index (κ3) is 2.27. The third-order valence-electron chi connectivity index (χ3n) is 4.33. The minimum absolute atomic E-state index is 0.0861. The molecule has 4 nitrogen and oxygen atoms in total. The zero-order valence-electron chi connectivity index (χ0n) is 12.6. The molecule has 1 aromatic heterocycles. The zero-order chi connectivity index (χ0) is 15.8. The summed E-state index contributed by atoms with van der Waals surface area (Å²) in [5, 5.41) is 10.0. The summed E-state index contributed by atoms with van der Waals surface area (Å²) < 4.78 is 0. The minimum atomic E-state index is -0.0985. The monoisotopic (exact) mass is 321 g/mol. The third-order valence-corrected chi connectivity index (χ3v) is 5.65. The summed E-state index contributed by atoms with van der Waals surface area (Å²) in [5.41, 5.74) is 4.33. The molecule has 2 aliphatic rings. The quantitative estimate of drug-likeness (QED) is 0.799. The Bertz CT molecular complexity index is 845. The number of hydrogen-bond donors (Lipinski definition) is 0. The number of benzene rings is 1. The van der Waals surface area contributed by atoms with Crippen LogP contribution >= 0.6 is 11.3 Å². The van der Waals surface area contributed by atoms with Crippen LogP contribution in [0.1, 0.15) is 28.0 Å². The van der Waals surface area contributed by atoms with Gasteiger partial charge in [-0.25, -0.2) is 0 Å². The maximum Gasteiger partial charge on any atom is 0.250 e. The van der Waals surface area contributed by atoms with Crippen LogP contribution in [0.2, 0.25) is 0 Å². The van der Waals surface area contributed by atoms with E-state index in [0.29, 0.717) is 0 Å². The molecule has 1 aliphatic carbocycles. The van der Waals surface area contributed by atoms with Gasteiger partial charge >= 0.3 is 0 Å². The molecule has 0 saturated heterocycles. The number of fused-ring (bicyclic) bond motifs is 3. The van der Waals surface area contributed by atoms with Crippen LogP contribution in [0.5, 0.6) is 0 Å². The maximum absolute atomic E-state index is 12.4. The average molecular weight is 321 g/mol. The summed E-state index contributed by atoms with van der Waals surface area (Å²) in [5.74, 6) is -0.0985. The second kappa shape index (κ2) is 5.64. The summed E-state index contributed by atoms with van der Waals surface area (Å²) in [6, 6.07) is 12.1. The number of aryl methyl sites for hydroxylation is 1. The number of carbonyl (C=O) groups is 1. The minimum Gasteiger partial charge on any atom is -0.288 e. The Labute approximate surface area is 138 Å². The van der Waals surface area contributed by atoms with Gasteiger partial charge in [-0.05, 0) is 24.8 Å². The van der Waals surface area contributed by atoms with Crippen molar-refractivity contribution >= 4 is 28.0 Å². The standard InChI is InChI=1S/C18H15N3OS/c19-9-10-21-15(22)11-20-17(12-5-2-1-3-6-12)16-13-7-4-8-14(13)23-18(16)21/h1-3,5-6H,4,7-8,10-11H2. The number of aliphatic imine (C=N–C) groups is 1. The van der Waals surface area contributed by atoms with Crippen molar-refractivity contribution in [3.8, 4) is 6.07 Å². The van der Waals surface area contributed by atoms with E-state index in [1.807, 2.05) is 30.3 Å². The molecule has 5 heteroatoms. The molecule has 1 amide bonds. The smallest absolute Gasteiger partial charge is 0.250 e. The van der Waals surface area contributed by atoms with E-state index >= 15 is 0 Å². The van der Waals surface area contributed by atoms with Crippen LogP contribution in [0, 0.1) is 11.3 Å². The van der Waals surface area contributed by atoms with Crippen molar-refractivity contribution in [3.63, 3.8) is 0 Å². The molecule has 2 aromatic rings. The van der Waals surface area contributed by atoms with Gasteiger partial charge in [0, 0.05) is 16.0 Å². The molecular formula is C18H15N3OS. The van der Waals surface area contributed by atoms with Gasteiger partial charge in [0.25, 0.3) is 0 Å². The van der Waals surface area contributed by atoms with Gasteiger partial charge in [-0.15, -0.1) is 11.3 Å². The van der Waals surface area contributed by atoms with Gasteiger partial charge in [-0.1, -0.05) is 30.3 Å². The van der Waals surface area contributed by atoms with E-state index in [9.17, 15) is 4.79 Å². The molecule has 1 aromatic carbocycles. The van der Waals surface area contributed by atoms with Gasteiger partial charge in [0.15, 0.2) is 0 Å². The second-order valence-corrected chi connectivity index (χ2v) is 6.79. The largest absolute Gasteiger partial charge is 0.288 e. The van der Waals surface area contributed by atoms with E-state index < -0.39 is 0 Å². The Hall–Kier alpha value is -2.45. The van der Waals surface area contributed by atoms with E-state index in [4.69, 9.17) is 5.26 Å². The highest BCUT2D eigenvalue weighted by Crippen LogP contribution is 2.43. The Kier molecular flexibility index (Phi) is 3.47. The number of nitrogens with zero attached hydrogens (tertiary/aromatic N) is 3. The Morgan fingerprint density at radius 1 is 1.26 bits per heavy atom. The lowest BCUT2D eigenvalue weighted by Crippen LogP contribution is -2.32. The fourth-order valence-corrected chi connectivity index (χ4v) is 4.72. The van der Waals surface area contributed by atoms with Gasteiger partial charge in [0.1, 0.15) is 18.1 Å². The first-order valence-corrected chi connectivity index (χ1v) is 8.53. The molecule has 1 aliphatic heterocycles. The number of amides is 1. The molecule has 0 spiro atoms. The first-order chi connectivity index (χ1) is 11.3. The van der Waals surface area contributed by atoms with Gasteiger partial charge in [-0.2, -0.15) is 5.26 Å². The van der Waals surface area contributed by atoms with Crippen LogP contribution in [0.4, 0.5) is 5.00 Å². The van der Waals surface area contributed by atoms with Crippen LogP contribution in [-0.4, -0.2) is 24.7 Å². The van der Waals surface area contributed by atoms with Gasteiger partial charge in [0.05, 0.1) is 11.8 Å². The van der Waals surface area contributed by atoms with Crippen molar-refractivity contribution < 1.29 is 4.79 Å². The molecule has 114 valence electrons. The van der Waals surface area contributed by atoms with Gasteiger partial charge in [-0.3, -0.25) is 14.7 Å². The highest BCUT2D eigenvalue weighted by Gasteiger charge is 2.32. The van der Waals surface area contributed by atoms with E-state index in [-0.39, 0.29) is 19.0 Å². The lowest BCUT2D eigenvalue weighted by Gasteiger charge is -2.17. The molecule has 2 heterocycles. The molecule has 0 unspecified atom stereocenters. The fourth-order valence-electron chi connectivity index (χ4n) is 3.31. The summed E-state index contributed by atoms with van der Waals surface area (Å²) in [6.07, 6.45) is 3.24. The summed E-state index contributed by atoms with van der Waals surface area (Å²) in [6.45, 7) is 0.185. The number of carbonyl (C=O) groups excluding carboxylic acids is 1. The Morgan fingerprint density at radius 3 is 2.87 bits per heavy atom. The van der Waals surface area contributed by atoms with E-state index in [0.717, 1.165) is 41.1 Å². The molecule has 0 saturated carbocycles. The molecule has 0 N–H and O–H groups in total. The lowest BCUT2D eigenvalue weighted by atomic mass is 9.99. The SMILES string of the molecule is N#CCN1C(=O)CN=C(c2ccccc2)c2c1sc1c2CCC1. The summed E-state index contributed by atoms with van der Waals surface area (Å²) in [7, 11) is 0. The predicted octanol–water partition coefficient (Wildman–Crippen LogP) is 2.94. The number of nitriles is 1. The average Bonchev–Trinajstić information content (AvgIpc) is 3.12. The summed E-state index contributed by atoms with van der Waals surface area (Å²) in [4.78, 5) is 20.0. The Balaban J connectivity index is 1.94. The maximum atomic E-state index is 12.4. The zero-order valence-corrected chi connectivity index (χ0v) is 13.4. The van der Waals surface area contributed by atoms with Crippen molar-refractivity contribution in [2.24, 2.45) is 4.99 Å². The van der Waals surface area contributed by atoms with Crippen LogP contribution in [0.25, 0.3) is 0 Å². The molecule has 0 radical (unpaired) electrons. The normalized spacial score (nSPS) is 16.4. The number of thiophene rings is 1. The second-order valence-electron chi connectivity index (χ2n) is 5.71. The molecule has 0 fully saturated rings. The van der Waals surface area contributed by atoms with Crippen molar-refractivity contribution in [2.45, 2.75) is 19.3 Å². The topological polar surface area (TPSA) is 56.5 Å². The van der Waals surface area contributed by atoms with E-state index in [1.54, 1.807) is 16.2 Å². The predicted molar refractivity (Wildman–Crippen MR) is 91.3 cm³/mol. The molecular weight excluding hydrogens is 306 g/mol. The number of hydrogen-bond acceptors (Lipinski definition) is 4. The van der Waals surface area contributed by atoms with Crippen LogP contribution in [0.3, 0.4) is 0 Å². The highest BCUT2D eigenvalue weighted by atomic mass is 32.1. The summed E-state index contributed by atoms with van der Waals surface area (Å²) >= 11 is 1.66. The van der Waals surface area contributed by atoms with Crippen LogP contribution < -0.4 is 4.90 Å². The molecule has 4 rings (SSSR count). The first kappa shape index (κ1) is 14.2. The Morgan fingerprint density at radius 2 is 2.09 bits per heavy atom. The fraction of sp³-hybridized carbons (Fsp3) is 0.278. The molecule has 23 heavy (non-hydrogen) atoms. The molecule has 0 atom stereocenters. The first-order valence-electron chi connectivity index (χ1n) is 7.71. The van der Waals surface area contributed by atoms with E-state index in [2.05, 4.69) is 11.1 Å². The lowest BCUT2D eigenvalue weighted by molar-refractivity contribution is -0.117. The van der Waals surface area contributed by atoms with Gasteiger partial charge in [0.2, 0.25) is 5.91 Å². The van der Waals surface area contributed by atoms with Crippen molar-refractivity contribution in [2.75, 3.05) is 18.0 Å².